The Hall–Kier alpha value is -5.97. The highest BCUT2D eigenvalue weighted by Crippen LogP contribution is 2.40. The maximum absolute atomic E-state index is 10.5. The summed E-state index contributed by atoms with van der Waals surface area (Å²) < 4.78 is 34.1. The quantitative estimate of drug-likeness (QED) is 0.113. The van der Waals surface area contributed by atoms with Crippen molar-refractivity contribution < 1.29 is 28.4 Å². The Morgan fingerprint density at radius 3 is 1.28 bits per heavy atom. The molecule has 12 nitrogen and oxygen atoms in total. The van der Waals surface area contributed by atoms with Crippen LogP contribution in [0.3, 0.4) is 0 Å². The summed E-state index contributed by atoms with van der Waals surface area (Å²) in [5.41, 5.74) is 12.0. The summed E-state index contributed by atoms with van der Waals surface area (Å²) in [6.07, 6.45) is 0.777. The lowest BCUT2D eigenvalue weighted by Crippen LogP contribution is -2.13. The van der Waals surface area contributed by atoms with Crippen molar-refractivity contribution in [1.29, 1.82) is 0 Å². The molecule has 316 valence electrons. The molecule has 0 N–H and O–H groups in total. The Bertz CT molecular complexity index is 2400. The lowest BCUT2D eigenvalue weighted by Gasteiger charge is -2.13. The van der Waals surface area contributed by atoms with Crippen LogP contribution in [0.15, 0.2) is 48.5 Å². The molecule has 0 aliphatic carbocycles. The summed E-state index contributed by atoms with van der Waals surface area (Å²) in [5, 5.41) is 39.6. The van der Waals surface area contributed by atoms with Gasteiger partial charge in [0.15, 0.2) is 0 Å². The summed E-state index contributed by atoms with van der Waals surface area (Å²) >= 11 is 0. The van der Waals surface area contributed by atoms with E-state index in [9.17, 15) is 15.6 Å². The molecular weight excluding hydrogens is 763 g/mol. The highest BCUT2D eigenvalue weighted by atomic mass is 16.6. The summed E-state index contributed by atoms with van der Waals surface area (Å²) in [6, 6.07) is 23.6. The number of ether oxygens (including phenoxy) is 6. The molecule has 5 atom stereocenters. The summed E-state index contributed by atoms with van der Waals surface area (Å²) in [4.78, 5) is 0. The van der Waals surface area contributed by atoms with Crippen molar-refractivity contribution >= 4 is 0 Å². The highest BCUT2D eigenvalue weighted by molar-refractivity contribution is 5.57. The number of benzene rings is 4. The fourth-order valence-corrected chi connectivity index (χ4v) is 7.49. The highest BCUT2D eigenvalue weighted by Gasteiger charge is 2.48. The molecule has 3 saturated heterocycles. The molecule has 3 aliphatic heterocycles. The van der Waals surface area contributed by atoms with Crippen molar-refractivity contribution in [3.8, 4) is 35.5 Å². The van der Waals surface area contributed by atoms with Crippen molar-refractivity contribution in [3.05, 3.63) is 152 Å². The second-order valence-electron chi connectivity index (χ2n) is 16.2. The van der Waals surface area contributed by atoms with Crippen LogP contribution in [0, 0.1) is 96.1 Å². The number of hydrogen-bond acceptors (Lipinski definition) is 9. The third-order valence-corrected chi connectivity index (χ3v) is 11.0. The molecule has 3 fully saturated rings. The summed E-state index contributed by atoms with van der Waals surface area (Å²) in [7, 11) is 0. The minimum atomic E-state index is -0.0854. The molecule has 4 aromatic carbocycles. The van der Waals surface area contributed by atoms with Gasteiger partial charge in [-0.25, -0.2) is 0 Å². The first-order valence-corrected chi connectivity index (χ1v) is 20.0. The molecule has 7 rings (SSSR count). The lowest BCUT2D eigenvalue weighted by molar-refractivity contribution is 0.252. The maximum Gasteiger partial charge on any atom is 0.337 e. The minimum Gasteiger partial charge on any atom is -0.498 e. The normalized spacial score (nSPS) is 19.8. The van der Waals surface area contributed by atoms with Gasteiger partial charge in [0.1, 0.15) is 78.2 Å². The van der Waals surface area contributed by atoms with Gasteiger partial charge >= 0.3 is 18.2 Å². The van der Waals surface area contributed by atoms with Crippen LogP contribution in [-0.2, 0) is 14.2 Å². The predicted molar refractivity (Wildman–Crippen MR) is 235 cm³/mol. The van der Waals surface area contributed by atoms with Crippen LogP contribution in [-0.4, -0.2) is 49.8 Å². The van der Waals surface area contributed by atoms with Gasteiger partial charge in [-0.1, -0.05) is 48.5 Å². The Morgan fingerprint density at radius 1 is 0.567 bits per heavy atom. The van der Waals surface area contributed by atoms with E-state index in [0.717, 1.165) is 72.9 Å². The van der Waals surface area contributed by atoms with E-state index >= 15 is 0 Å². The van der Waals surface area contributed by atoms with Gasteiger partial charge in [-0.2, -0.15) is 0 Å². The van der Waals surface area contributed by atoms with E-state index in [2.05, 4.69) is 45.4 Å². The average Bonchev–Trinajstić information content (AvgIpc) is 4.16. The standard InChI is InChI=1S/C19H19NO3.C15H19NO3.C14H17NO3/c1-12-9-13(2)18(14(3)16(12)10-20-21)22-11-17-19(23-17)15-7-5-4-6-8-15;1-9-6-10(2)14(11(3)12(9)7-16-17)18-8-13-15(4,5)19-13;1-8-5-9(2)14(10(3)12(8)6-15-16)17-7-13-11(4)18-13/h4-9,17,19H,11H2,1-3H3;6,13H,8H2,1-5H3;5,11,13H,7H2,1-4H3. The first-order chi connectivity index (χ1) is 28.5. The smallest absolute Gasteiger partial charge is 0.337 e. The molecule has 12 heteroatoms. The fraction of sp³-hybridized carbons (Fsp3) is 0.438. The molecule has 5 unspecified atom stereocenters. The van der Waals surface area contributed by atoms with Crippen LogP contribution in [0.4, 0.5) is 0 Å². The molecule has 0 radical (unpaired) electrons. The second kappa shape index (κ2) is 19.4. The molecule has 0 aromatic heterocycles. The molecule has 0 bridgehead atoms. The van der Waals surface area contributed by atoms with E-state index in [1.54, 1.807) is 0 Å². The van der Waals surface area contributed by atoms with Gasteiger partial charge in [-0.15, -0.1) is 0 Å². The zero-order chi connectivity index (χ0) is 43.9. The van der Waals surface area contributed by atoms with Crippen LogP contribution in [0.5, 0.6) is 17.2 Å². The molecule has 60 heavy (non-hydrogen) atoms. The molecule has 0 amide bonds. The Morgan fingerprint density at radius 2 is 0.933 bits per heavy atom. The van der Waals surface area contributed by atoms with Crippen molar-refractivity contribution in [2.24, 2.45) is 0 Å². The lowest BCUT2D eigenvalue weighted by atomic mass is 9.99. The molecule has 4 aromatic rings. The van der Waals surface area contributed by atoms with E-state index < -0.39 is 0 Å². The van der Waals surface area contributed by atoms with Crippen LogP contribution in [0.25, 0.3) is 15.0 Å². The van der Waals surface area contributed by atoms with Crippen molar-refractivity contribution in [3.63, 3.8) is 0 Å². The number of hydrogen-bond donors (Lipinski definition) is 0. The van der Waals surface area contributed by atoms with Gasteiger partial charge in [-0.05, 0) is 122 Å². The van der Waals surface area contributed by atoms with E-state index in [1.165, 1.54) is 5.56 Å². The summed E-state index contributed by atoms with van der Waals surface area (Å²) in [5.74, 6) is 2.38. The number of rotatable bonds is 10. The van der Waals surface area contributed by atoms with Gasteiger partial charge in [0.2, 0.25) is 0 Å². The summed E-state index contributed by atoms with van der Waals surface area (Å²) in [6.45, 7) is 25.2. The largest absolute Gasteiger partial charge is 0.498 e. The Labute approximate surface area is 353 Å². The number of epoxide rings is 3. The first kappa shape index (κ1) is 45.1. The van der Waals surface area contributed by atoms with Gasteiger partial charge in [0.05, 0.1) is 11.7 Å². The average molecular weight is 818 g/mol. The van der Waals surface area contributed by atoms with Crippen molar-refractivity contribution in [1.82, 2.24) is 0 Å². The SMILES string of the molecule is Cc1cc(C)c(OCC2OC2(C)C)c(C)c1C#[N+][O-].Cc1cc(C)c(OCC2OC2C)c(C)c1C#[N+][O-].Cc1cc(C)c(OCC2OC2c2ccccc2)c(C)c1C#[N+][O-]. The van der Waals surface area contributed by atoms with Crippen LogP contribution >= 0.6 is 0 Å². The third-order valence-electron chi connectivity index (χ3n) is 11.0. The van der Waals surface area contributed by atoms with Gasteiger partial charge < -0.3 is 44.0 Å². The maximum atomic E-state index is 10.5. The topological polar surface area (TPSA) is 148 Å². The third kappa shape index (κ3) is 11.0. The molecule has 3 aliphatic rings. The fourth-order valence-electron chi connectivity index (χ4n) is 7.49. The van der Waals surface area contributed by atoms with Crippen LogP contribution in [0.1, 0.15) is 99.2 Å². The van der Waals surface area contributed by atoms with E-state index in [-0.39, 0.29) is 36.1 Å². The predicted octanol–water partition coefficient (Wildman–Crippen LogP) is 10.6. The molecule has 3 heterocycles. The van der Waals surface area contributed by atoms with Gasteiger partial charge in [-0.3, -0.25) is 0 Å². The molecule has 0 saturated carbocycles. The molecular formula is C48H55N3O9. The Balaban J connectivity index is 0.000000172. The molecule has 0 spiro atoms. The monoisotopic (exact) mass is 817 g/mol. The van der Waals surface area contributed by atoms with Crippen molar-refractivity contribution in [2.45, 2.75) is 119 Å². The first-order valence-electron chi connectivity index (χ1n) is 20.0. The second-order valence-corrected chi connectivity index (χ2v) is 16.2. The van der Waals surface area contributed by atoms with Crippen molar-refractivity contribution in [2.75, 3.05) is 19.8 Å². The van der Waals surface area contributed by atoms with Crippen LogP contribution in [0.2, 0.25) is 0 Å². The zero-order valence-corrected chi connectivity index (χ0v) is 36.6. The minimum absolute atomic E-state index is 0.0677. The van der Waals surface area contributed by atoms with E-state index in [0.29, 0.717) is 30.9 Å². The van der Waals surface area contributed by atoms with E-state index in [1.807, 2.05) is 119 Å². The van der Waals surface area contributed by atoms with E-state index in [4.69, 9.17) is 28.4 Å². The zero-order valence-electron chi connectivity index (χ0n) is 36.6. The van der Waals surface area contributed by atoms with Crippen LogP contribution < -0.4 is 14.2 Å². The van der Waals surface area contributed by atoms with Gasteiger partial charge in [0, 0.05) is 31.7 Å². The number of aryl methyl sites for hydroxylation is 6. The van der Waals surface area contributed by atoms with Gasteiger partial charge in [0.25, 0.3) is 0 Å². The number of nitrogens with zero attached hydrogens (tertiary/aromatic N) is 3. The Kier molecular flexibility index (Phi) is 14.6.